The lowest BCUT2D eigenvalue weighted by molar-refractivity contribution is -0.118. The highest BCUT2D eigenvalue weighted by Crippen LogP contribution is 2.18. The minimum absolute atomic E-state index is 0.145. The summed E-state index contributed by atoms with van der Waals surface area (Å²) in [5.41, 5.74) is 8.46. The molecule has 0 saturated carbocycles. The van der Waals surface area contributed by atoms with Crippen molar-refractivity contribution in [3.8, 4) is 5.69 Å². The van der Waals surface area contributed by atoms with Gasteiger partial charge in [-0.15, -0.1) is 5.10 Å². The summed E-state index contributed by atoms with van der Waals surface area (Å²) in [6, 6.07) is 5.04. The zero-order valence-corrected chi connectivity index (χ0v) is 12.4. The highest BCUT2D eigenvalue weighted by Gasteiger charge is 2.19. The molecule has 0 saturated heterocycles. The third-order valence-electron chi connectivity index (χ3n) is 3.62. The van der Waals surface area contributed by atoms with Crippen LogP contribution in [0.1, 0.15) is 25.8 Å². The van der Waals surface area contributed by atoms with Crippen LogP contribution in [0.5, 0.6) is 0 Å². The van der Waals surface area contributed by atoms with E-state index in [-0.39, 0.29) is 11.8 Å². The maximum absolute atomic E-state index is 12.1. The average molecular weight is 288 g/mol. The number of nitrogens with one attached hydrogen (secondary N) is 1. The molecule has 0 spiro atoms. The summed E-state index contributed by atoms with van der Waals surface area (Å²) in [6.45, 7) is 5.92. The Hall–Kier alpha value is -2.28. The summed E-state index contributed by atoms with van der Waals surface area (Å²) in [5, 5.41) is 13.9. The van der Waals surface area contributed by atoms with Gasteiger partial charge in [0.1, 0.15) is 6.33 Å². The number of carbonyl (C=O) groups is 1. The lowest BCUT2D eigenvalue weighted by Crippen LogP contribution is -2.40. The summed E-state index contributed by atoms with van der Waals surface area (Å²) in [4.78, 5) is 12.1. The van der Waals surface area contributed by atoms with E-state index in [0.29, 0.717) is 5.69 Å². The van der Waals surface area contributed by atoms with Gasteiger partial charge in [0.25, 0.3) is 0 Å². The Morgan fingerprint density at radius 2 is 2.24 bits per heavy atom. The first-order chi connectivity index (χ1) is 10.0. The molecule has 1 heterocycles. The predicted molar refractivity (Wildman–Crippen MR) is 80.0 cm³/mol. The molecule has 21 heavy (non-hydrogen) atoms. The van der Waals surface area contributed by atoms with Crippen molar-refractivity contribution in [2.45, 2.75) is 33.2 Å². The van der Waals surface area contributed by atoms with Crippen LogP contribution in [-0.2, 0) is 4.79 Å². The number of aromatic nitrogens is 4. The minimum Gasteiger partial charge on any atom is -0.325 e. The molecule has 0 radical (unpaired) electrons. The number of anilines is 1. The number of nitrogens with two attached hydrogens (primary N) is 1. The molecule has 1 aromatic heterocycles. The summed E-state index contributed by atoms with van der Waals surface area (Å²) < 4.78 is 1.58. The van der Waals surface area contributed by atoms with Gasteiger partial charge >= 0.3 is 0 Å². The number of carbonyl (C=O) groups excluding carboxylic acids is 1. The average Bonchev–Trinajstić information content (AvgIpc) is 2.99. The van der Waals surface area contributed by atoms with Gasteiger partial charge in [-0.1, -0.05) is 20.3 Å². The first kappa shape index (κ1) is 15.1. The largest absolute Gasteiger partial charge is 0.325 e. The zero-order valence-electron chi connectivity index (χ0n) is 12.4. The van der Waals surface area contributed by atoms with E-state index >= 15 is 0 Å². The minimum atomic E-state index is -0.505. The fraction of sp³-hybridized carbons (Fsp3) is 0.429. The molecule has 0 fully saturated rings. The van der Waals surface area contributed by atoms with Crippen LogP contribution in [0.4, 0.5) is 5.69 Å². The molecule has 2 aromatic rings. The number of hydrogen-bond donors (Lipinski definition) is 2. The van der Waals surface area contributed by atoms with Crippen LogP contribution in [0.2, 0.25) is 0 Å². The molecule has 0 bridgehead atoms. The second-order valence-electron chi connectivity index (χ2n) is 5.16. The molecule has 0 aliphatic rings. The van der Waals surface area contributed by atoms with E-state index in [2.05, 4.69) is 20.8 Å². The van der Waals surface area contributed by atoms with E-state index in [0.717, 1.165) is 17.7 Å². The maximum Gasteiger partial charge on any atom is 0.241 e. The SMILES string of the molecule is CCC(C)[C@H](N)C(=O)Nc1ccc(-n2cnnn2)c(C)c1. The topological polar surface area (TPSA) is 98.7 Å². The monoisotopic (exact) mass is 288 g/mol. The normalized spacial score (nSPS) is 13.7. The lowest BCUT2D eigenvalue weighted by Gasteiger charge is -2.18. The zero-order chi connectivity index (χ0) is 15.4. The Morgan fingerprint density at radius 1 is 1.48 bits per heavy atom. The van der Waals surface area contributed by atoms with Gasteiger partial charge in [0.2, 0.25) is 5.91 Å². The van der Waals surface area contributed by atoms with E-state index in [9.17, 15) is 4.79 Å². The number of amides is 1. The summed E-state index contributed by atoms with van der Waals surface area (Å²) in [5.74, 6) is -0.0227. The van der Waals surface area contributed by atoms with Crippen molar-refractivity contribution in [1.82, 2.24) is 20.2 Å². The molecular formula is C14H20N6O. The predicted octanol–water partition coefficient (Wildman–Crippen LogP) is 1.28. The first-order valence-electron chi connectivity index (χ1n) is 6.93. The van der Waals surface area contributed by atoms with Crippen molar-refractivity contribution in [1.29, 1.82) is 0 Å². The first-order valence-corrected chi connectivity index (χ1v) is 6.93. The van der Waals surface area contributed by atoms with Crippen LogP contribution in [-0.4, -0.2) is 32.2 Å². The van der Waals surface area contributed by atoms with E-state index in [1.807, 2.05) is 39.0 Å². The quantitative estimate of drug-likeness (QED) is 0.863. The smallest absolute Gasteiger partial charge is 0.241 e. The van der Waals surface area contributed by atoms with E-state index in [4.69, 9.17) is 5.73 Å². The van der Waals surface area contributed by atoms with Gasteiger partial charge in [0.05, 0.1) is 11.7 Å². The van der Waals surface area contributed by atoms with Gasteiger partial charge in [0.15, 0.2) is 0 Å². The number of benzene rings is 1. The van der Waals surface area contributed by atoms with E-state index < -0.39 is 6.04 Å². The summed E-state index contributed by atoms with van der Waals surface area (Å²) in [6.07, 6.45) is 2.39. The third-order valence-corrected chi connectivity index (χ3v) is 3.62. The van der Waals surface area contributed by atoms with Crippen molar-refractivity contribution in [2.24, 2.45) is 11.7 Å². The molecule has 1 amide bonds. The van der Waals surface area contributed by atoms with Crippen molar-refractivity contribution < 1.29 is 4.79 Å². The number of nitrogens with zero attached hydrogens (tertiary/aromatic N) is 4. The Balaban J connectivity index is 2.12. The summed E-state index contributed by atoms with van der Waals surface area (Å²) >= 11 is 0. The van der Waals surface area contributed by atoms with E-state index in [1.54, 1.807) is 4.68 Å². The molecule has 2 rings (SSSR count). The maximum atomic E-state index is 12.1. The van der Waals surface area contributed by atoms with Crippen molar-refractivity contribution in [2.75, 3.05) is 5.32 Å². The van der Waals surface area contributed by atoms with Crippen molar-refractivity contribution >= 4 is 11.6 Å². The highest BCUT2D eigenvalue weighted by atomic mass is 16.2. The number of aryl methyl sites for hydroxylation is 1. The van der Waals surface area contributed by atoms with Gasteiger partial charge in [-0.2, -0.15) is 0 Å². The molecule has 1 unspecified atom stereocenters. The number of rotatable bonds is 5. The molecule has 3 N–H and O–H groups in total. The molecule has 7 heteroatoms. The van der Waals surface area contributed by atoms with Gasteiger partial charge in [0, 0.05) is 5.69 Å². The molecule has 1 aromatic carbocycles. The molecule has 112 valence electrons. The molecule has 7 nitrogen and oxygen atoms in total. The van der Waals surface area contributed by atoms with Crippen LogP contribution >= 0.6 is 0 Å². The van der Waals surface area contributed by atoms with Crippen LogP contribution in [0.15, 0.2) is 24.5 Å². The van der Waals surface area contributed by atoms with Crippen LogP contribution < -0.4 is 11.1 Å². The second kappa shape index (κ2) is 6.45. The highest BCUT2D eigenvalue weighted by molar-refractivity contribution is 5.95. The Morgan fingerprint density at radius 3 is 2.81 bits per heavy atom. The fourth-order valence-electron chi connectivity index (χ4n) is 2.00. The second-order valence-corrected chi connectivity index (χ2v) is 5.16. The Kier molecular flexibility index (Phi) is 4.64. The van der Waals surface area contributed by atoms with Crippen molar-refractivity contribution in [3.05, 3.63) is 30.1 Å². The van der Waals surface area contributed by atoms with Crippen LogP contribution in [0.3, 0.4) is 0 Å². The van der Waals surface area contributed by atoms with Crippen molar-refractivity contribution in [3.63, 3.8) is 0 Å². The standard InChI is InChI=1S/C14H20N6O/c1-4-9(2)13(15)14(21)17-11-5-6-12(10(3)7-11)20-8-16-18-19-20/h5-9,13H,4,15H2,1-3H3,(H,17,21)/t9?,13-/m0/s1. The van der Waals surface area contributed by atoms with Crippen LogP contribution in [0.25, 0.3) is 5.69 Å². The lowest BCUT2D eigenvalue weighted by atomic mass is 9.99. The van der Waals surface area contributed by atoms with E-state index in [1.165, 1.54) is 6.33 Å². The van der Waals surface area contributed by atoms with Gasteiger partial charge in [-0.05, 0) is 47.0 Å². The van der Waals surface area contributed by atoms with Crippen LogP contribution in [0, 0.1) is 12.8 Å². The van der Waals surface area contributed by atoms with Gasteiger partial charge in [-0.3, -0.25) is 4.79 Å². The number of hydrogen-bond acceptors (Lipinski definition) is 5. The summed E-state index contributed by atoms with van der Waals surface area (Å²) in [7, 11) is 0. The fourth-order valence-corrected chi connectivity index (χ4v) is 2.00. The molecule has 2 atom stereocenters. The molecule has 0 aliphatic carbocycles. The number of tetrazole rings is 1. The Bertz CT molecular complexity index is 610. The molecule has 0 aliphatic heterocycles. The van der Waals surface area contributed by atoms with Gasteiger partial charge < -0.3 is 11.1 Å². The van der Waals surface area contributed by atoms with Gasteiger partial charge in [-0.25, -0.2) is 4.68 Å². The Labute approximate surface area is 123 Å². The molecular weight excluding hydrogens is 268 g/mol. The third kappa shape index (κ3) is 3.43.